The predicted octanol–water partition coefficient (Wildman–Crippen LogP) is 2.80. The molecular formula is C17H18ClFN2O5S. The number of rotatable bonds is 8. The highest BCUT2D eigenvalue weighted by molar-refractivity contribution is 7.89. The summed E-state index contributed by atoms with van der Waals surface area (Å²) < 4.78 is 49.6. The molecule has 7 nitrogen and oxygen atoms in total. The number of carbonyl (C=O) groups is 1. The van der Waals surface area contributed by atoms with Crippen molar-refractivity contribution in [2.24, 2.45) is 0 Å². The van der Waals surface area contributed by atoms with Gasteiger partial charge < -0.3 is 14.8 Å². The van der Waals surface area contributed by atoms with Gasteiger partial charge in [-0.15, -0.1) is 0 Å². The van der Waals surface area contributed by atoms with Crippen molar-refractivity contribution in [1.29, 1.82) is 0 Å². The molecule has 0 saturated carbocycles. The lowest BCUT2D eigenvalue weighted by Gasteiger charge is -2.13. The van der Waals surface area contributed by atoms with Crippen LogP contribution in [0.4, 0.5) is 10.1 Å². The molecule has 2 rings (SSSR count). The van der Waals surface area contributed by atoms with Gasteiger partial charge in [-0.25, -0.2) is 17.5 Å². The van der Waals surface area contributed by atoms with Crippen LogP contribution in [0.5, 0.6) is 11.5 Å². The van der Waals surface area contributed by atoms with Crippen LogP contribution in [0.25, 0.3) is 0 Å². The summed E-state index contributed by atoms with van der Waals surface area (Å²) in [6.07, 6.45) is -0.130. The molecule has 0 aromatic heterocycles. The summed E-state index contributed by atoms with van der Waals surface area (Å²) in [6, 6.07) is 7.36. The largest absolute Gasteiger partial charge is 0.495 e. The van der Waals surface area contributed by atoms with Gasteiger partial charge in [-0.2, -0.15) is 0 Å². The zero-order chi connectivity index (χ0) is 20.0. The highest BCUT2D eigenvalue weighted by atomic mass is 35.5. The van der Waals surface area contributed by atoms with Gasteiger partial charge in [0.1, 0.15) is 17.3 Å². The van der Waals surface area contributed by atoms with Crippen LogP contribution in [-0.4, -0.2) is 35.1 Å². The van der Waals surface area contributed by atoms with Crippen LogP contribution in [0.2, 0.25) is 5.02 Å². The van der Waals surface area contributed by atoms with Crippen LogP contribution in [0, 0.1) is 5.82 Å². The maximum absolute atomic E-state index is 12.9. The zero-order valence-corrected chi connectivity index (χ0v) is 16.2. The van der Waals surface area contributed by atoms with E-state index in [9.17, 15) is 17.6 Å². The molecule has 146 valence electrons. The lowest BCUT2D eigenvalue weighted by atomic mass is 10.2. The minimum Gasteiger partial charge on any atom is -0.495 e. The van der Waals surface area contributed by atoms with E-state index in [0.29, 0.717) is 22.2 Å². The van der Waals surface area contributed by atoms with E-state index >= 15 is 0 Å². The maximum atomic E-state index is 12.9. The molecule has 2 aromatic rings. The molecule has 0 spiro atoms. The number of amides is 1. The molecule has 0 radical (unpaired) electrons. The Kier molecular flexibility index (Phi) is 7.00. The second-order valence-corrected chi connectivity index (χ2v) is 7.51. The van der Waals surface area contributed by atoms with Gasteiger partial charge in [-0.05, 0) is 24.3 Å². The zero-order valence-electron chi connectivity index (χ0n) is 14.6. The Morgan fingerprint density at radius 2 is 1.74 bits per heavy atom. The van der Waals surface area contributed by atoms with E-state index in [2.05, 4.69) is 10.0 Å². The van der Waals surface area contributed by atoms with Crippen molar-refractivity contribution in [2.45, 2.75) is 11.3 Å². The number of hydrogen-bond acceptors (Lipinski definition) is 5. The van der Waals surface area contributed by atoms with Crippen LogP contribution >= 0.6 is 11.6 Å². The van der Waals surface area contributed by atoms with E-state index in [1.807, 2.05) is 0 Å². The smallest absolute Gasteiger partial charge is 0.240 e. The lowest BCUT2D eigenvalue weighted by Crippen LogP contribution is -2.28. The number of anilines is 1. The Hall–Kier alpha value is -2.36. The van der Waals surface area contributed by atoms with Crippen molar-refractivity contribution in [2.75, 3.05) is 26.1 Å². The second-order valence-electron chi connectivity index (χ2n) is 5.34. The van der Waals surface area contributed by atoms with Crippen LogP contribution in [0.15, 0.2) is 41.3 Å². The second kappa shape index (κ2) is 9.03. The molecule has 1 amide bonds. The van der Waals surface area contributed by atoms with Crippen LogP contribution in [0.1, 0.15) is 6.42 Å². The monoisotopic (exact) mass is 416 g/mol. The van der Waals surface area contributed by atoms with E-state index in [1.165, 1.54) is 26.4 Å². The van der Waals surface area contributed by atoms with Crippen molar-refractivity contribution in [3.05, 3.63) is 47.2 Å². The van der Waals surface area contributed by atoms with Crippen LogP contribution in [-0.2, 0) is 14.8 Å². The first kappa shape index (κ1) is 20.9. The van der Waals surface area contributed by atoms with Gasteiger partial charge in [0.05, 0.1) is 29.8 Å². The lowest BCUT2D eigenvalue weighted by molar-refractivity contribution is -0.116. The van der Waals surface area contributed by atoms with Crippen LogP contribution in [0.3, 0.4) is 0 Å². The van der Waals surface area contributed by atoms with Crippen molar-refractivity contribution < 1.29 is 27.1 Å². The molecule has 0 fully saturated rings. The number of hydrogen-bond donors (Lipinski definition) is 2. The molecule has 0 saturated heterocycles. The number of carbonyl (C=O) groups excluding carboxylic acids is 1. The number of benzene rings is 2. The standard InChI is InChI=1S/C17H18ClFN2O5S/c1-25-15-10-14(16(26-2)9-13(15)18)21-17(22)7-8-20-27(23,24)12-5-3-11(19)4-6-12/h3-6,9-10,20H,7-8H2,1-2H3,(H,21,22). The summed E-state index contributed by atoms with van der Waals surface area (Å²) >= 11 is 6.00. The third kappa shape index (κ3) is 5.56. The van der Waals surface area contributed by atoms with Crippen molar-refractivity contribution >= 4 is 33.2 Å². The average molecular weight is 417 g/mol. The van der Waals surface area contributed by atoms with Gasteiger partial charge in [-0.1, -0.05) is 11.6 Å². The van der Waals surface area contributed by atoms with Gasteiger partial charge in [0.25, 0.3) is 0 Å². The molecular weight excluding hydrogens is 399 g/mol. The maximum Gasteiger partial charge on any atom is 0.240 e. The van der Waals surface area contributed by atoms with Gasteiger partial charge >= 0.3 is 0 Å². The molecule has 0 heterocycles. The quantitative estimate of drug-likeness (QED) is 0.690. The fraction of sp³-hybridized carbons (Fsp3) is 0.235. The van der Waals surface area contributed by atoms with Gasteiger partial charge in [0.2, 0.25) is 15.9 Å². The molecule has 0 aliphatic carbocycles. The summed E-state index contributed by atoms with van der Waals surface area (Å²) in [4.78, 5) is 12.0. The molecule has 10 heteroatoms. The Morgan fingerprint density at radius 3 is 2.33 bits per heavy atom. The summed E-state index contributed by atoms with van der Waals surface area (Å²) in [6.45, 7) is -0.140. The first-order chi connectivity index (χ1) is 12.8. The summed E-state index contributed by atoms with van der Waals surface area (Å²) in [5, 5.41) is 2.93. The van der Waals surface area contributed by atoms with E-state index in [-0.39, 0.29) is 17.9 Å². The van der Waals surface area contributed by atoms with Crippen LogP contribution < -0.4 is 19.5 Å². The summed E-state index contributed by atoms with van der Waals surface area (Å²) in [5.74, 6) is -0.300. The molecule has 0 unspecified atom stereocenters. The minimum absolute atomic E-state index is 0.0894. The number of ether oxygens (including phenoxy) is 2. The van der Waals surface area contributed by atoms with Gasteiger partial charge in [0.15, 0.2) is 0 Å². The van der Waals surface area contributed by atoms with E-state index < -0.39 is 21.7 Å². The molecule has 2 N–H and O–H groups in total. The Morgan fingerprint density at radius 1 is 1.11 bits per heavy atom. The Labute approximate surface area is 161 Å². The van der Waals surface area contributed by atoms with Crippen molar-refractivity contribution in [3.8, 4) is 11.5 Å². The highest BCUT2D eigenvalue weighted by Gasteiger charge is 2.16. The fourth-order valence-corrected chi connectivity index (χ4v) is 3.43. The first-order valence-corrected chi connectivity index (χ1v) is 9.59. The average Bonchev–Trinajstić information content (AvgIpc) is 2.63. The molecule has 0 bridgehead atoms. The third-order valence-corrected chi connectivity index (χ3v) is 5.29. The summed E-state index contributed by atoms with van der Waals surface area (Å²) in [7, 11) is -0.978. The van der Waals surface area contributed by atoms with Gasteiger partial charge in [-0.3, -0.25) is 4.79 Å². The molecule has 0 aliphatic rings. The normalized spacial score (nSPS) is 11.1. The fourth-order valence-electron chi connectivity index (χ4n) is 2.17. The molecule has 0 atom stereocenters. The van der Waals surface area contributed by atoms with E-state index in [4.69, 9.17) is 21.1 Å². The van der Waals surface area contributed by atoms with Crippen molar-refractivity contribution in [3.63, 3.8) is 0 Å². The third-order valence-electron chi connectivity index (χ3n) is 3.52. The molecule has 0 aliphatic heterocycles. The molecule has 27 heavy (non-hydrogen) atoms. The molecule has 2 aromatic carbocycles. The minimum atomic E-state index is -3.83. The highest BCUT2D eigenvalue weighted by Crippen LogP contribution is 2.35. The SMILES string of the molecule is COc1cc(NC(=O)CCNS(=O)(=O)c2ccc(F)cc2)c(OC)cc1Cl. The topological polar surface area (TPSA) is 93.7 Å². The number of sulfonamides is 1. The Balaban J connectivity index is 1.97. The predicted molar refractivity (Wildman–Crippen MR) is 99.4 cm³/mol. The van der Waals surface area contributed by atoms with E-state index in [0.717, 1.165) is 24.3 Å². The first-order valence-electron chi connectivity index (χ1n) is 7.73. The van der Waals surface area contributed by atoms with Gasteiger partial charge in [0, 0.05) is 25.1 Å². The number of halogens is 2. The van der Waals surface area contributed by atoms with Crippen molar-refractivity contribution in [1.82, 2.24) is 4.72 Å². The summed E-state index contributed by atoms with van der Waals surface area (Å²) in [5.41, 5.74) is 0.338. The van der Waals surface area contributed by atoms with E-state index in [1.54, 1.807) is 0 Å². The Bertz CT molecular complexity index is 920. The number of nitrogens with one attached hydrogen (secondary N) is 2. The number of methoxy groups -OCH3 is 2.